The van der Waals surface area contributed by atoms with E-state index in [1.807, 2.05) is 23.1 Å². The fraction of sp³-hybridized carbons (Fsp3) is 0.500. The lowest BCUT2D eigenvalue weighted by molar-refractivity contribution is -0.121. The van der Waals surface area contributed by atoms with Crippen LogP contribution in [0.15, 0.2) is 27.1 Å². The Bertz CT molecular complexity index is 477. The van der Waals surface area contributed by atoms with Crippen molar-refractivity contribution in [2.75, 3.05) is 11.4 Å². The highest BCUT2D eigenvalue weighted by molar-refractivity contribution is 9.11. The number of benzene rings is 1. The van der Waals surface area contributed by atoms with Gasteiger partial charge in [-0.2, -0.15) is 0 Å². The number of piperidine rings is 1. The second kappa shape index (κ2) is 6.37. The minimum atomic E-state index is -0.0698. The molecule has 19 heavy (non-hydrogen) atoms. The molecule has 1 aliphatic rings. The van der Waals surface area contributed by atoms with Crippen LogP contribution in [-0.2, 0) is 4.79 Å². The van der Waals surface area contributed by atoms with E-state index in [1.165, 1.54) is 0 Å². The van der Waals surface area contributed by atoms with Gasteiger partial charge in [-0.05, 0) is 47.0 Å². The van der Waals surface area contributed by atoms with Gasteiger partial charge in [-0.25, -0.2) is 0 Å². The number of nitrogens with one attached hydrogen (secondary N) is 1. The van der Waals surface area contributed by atoms with Crippen LogP contribution >= 0.6 is 31.9 Å². The molecule has 1 aliphatic heterocycles. The maximum absolute atomic E-state index is 12.6. The number of rotatable bonds is 3. The minimum Gasteiger partial charge on any atom is -0.310 e. The van der Waals surface area contributed by atoms with Gasteiger partial charge in [0, 0.05) is 21.5 Å². The molecule has 1 heterocycles. The number of amides is 1. The molecule has 1 N–H and O–H groups in total. The van der Waals surface area contributed by atoms with Crippen molar-refractivity contribution in [3.8, 4) is 0 Å². The van der Waals surface area contributed by atoms with Crippen molar-refractivity contribution < 1.29 is 4.79 Å². The first-order chi connectivity index (χ1) is 8.99. The van der Waals surface area contributed by atoms with E-state index in [-0.39, 0.29) is 11.9 Å². The van der Waals surface area contributed by atoms with E-state index < -0.39 is 0 Å². The Morgan fingerprint density at radius 3 is 2.79 bits per heavy atom. The van der Waals surface area contributed by atoms with Crippen molar-refractivity contribution in [2.24, 2.45) is 0 Å². The monoisotopic (exact) mass is 388 g/mol. The number of hydrogen-bond donors (Lipinski definition) is 1. The van der Waals surface area contributed by atoms with Crippen molar-refractivity contribution >= 4 is 43.5 Å². The predicted molar refractivity (Wildman–Crippen MR) is 85.5 cm³/mol. The van der Waals surface area contributed by atoms with Crippen LogP contribution in [0.4, 0.5) is 5.69 Å². The Kier molecular flexibility index (Phi) is 5.03. The largest absolute Gasteiger partial charge is 0.310 e. The maximum atomic E-state index is 12.6. The number of nitrogens with zero attached hydrogens (tertiary/aromatic N) is 1. The lowest BCUT2D eigenvalue weighted by Crippen LogP contribution is -2.52. The van der Waals surface area contributed by atoms with E-state index >= 15 is 0 Å². The lowest BCUT2D eigenvalue weighted by Gasteiger charge is -2.34. The normalized spacial score (nSPS) is 20.2. The fourth-order valence-corrected chi connectivity index (χ4v) is 3.17. The average Bonchev–Trinajstić information content (AvgIpc) is 2.35. The summed E-state index contributed by atoms with van der Waals surface area (Å²) in [6.07, 6.45) is 1.94. The van der Waals surface area contributed by atoms with E-state index in [2.05, 4.69) is 51.0 Å². The van der Waals surface area contributed by atoms with Crippen molar-refractivity contribution in [1.29, 1.82) is 0 Å². The molecule has 104 valence electrons. The first kappa shape index (κ1) is 15.0. The molecule has 0 bridgehead atoms. The summed E-state index contributed by atoms with van der Waals surface area (Å²) in [5.41, 5.74) is 0.939. The molecular weight excluding hydrogens is 372 g/mol. The van der Waals surface area contributed by atoms with Crippen LogP contribution in [0.5, 0.6) is 0 Å². The molecular formula is C14H18Br2N2O. The summed E-state index contributed by atoms with van der Waals surface area (Å²) in [4.78, 5) is 14.4. The molecule has 1 fully saturated rings. The molecule has 1 aromatic carbocycles. The SMILES string of the molecule is CC(C)NC1CCCN(c2cc(Br)ccc2Br)C1=O. The van der Waals surface area contributed by atoms with Gasteiger partial charge in [-0.1, -0.05) is 29.8 Å². The highest BCUT2D eigenvalue weighted by atomic mass is 79.9. The predicted octanol–water partition coefficient (Wildman–Crippen LogP) is 3.71. The molecule has 2 rings (SSSR count). The molecule has 5 heteroatoms. The lowest BCUT2D eigenvalue weighted by atomic mass is 10.0. The molecule has 3 nitrogen and oxygen atoms in total. The highest BCUT2D eigenvalue weighted by Gasteiger charge is 2.30. The first-order valence-electron chi connectivity index (χ1n) is 6.51. The zero-order valence-electron chi connectivity index (χ0n) is 11.1. The number of carbonyl (C=O) groups excluding carboxylic acids is 1. The Hall–Kier alpha value is -0.390. The van der Waals surface area contributed by atoms with Gasteiger partial charge in [0.2, 0.25) is 5.91 Å². The van der Waals surface area contributed by atoms with Gasteiger partial charge in [0.15, 0.2) is 0 Å². The Morgan fingerprint density at radius 2 is 2.11 bits per heavy atom. The molecule has 0 spiro atoms. The van der Waals surface area contributed by atoms with Crippen LogP contribution in [-0.4, -0.2) is 24.5 Å². The van der Waals surface area contributed by atoms with Gasteiger partial charge in [-0.3, -0.25) is 4.79 Å². The van der Waals surface area contributed by atoms with Crippen LogP contribution < -0.4 is 10.2 Å². The second-order valence-electron chi connectivity index (χ2n) is 5.10. The van der Waals surface area contributed by atoms with Crippen LogP contribution in [0.25, 0.3) is 0 Å². The van der Waals surface area contributed by atoms with E-state index in [0.717, 1.165) is 34.0 Å². The van der Waals surface area contributed by atoms with Crippen LogP contribution in [0.3, 0.4) is 0 Å². The summed E-state index contributed by atoms with van der Waals surface area (Å²) in [6.45, 7) is 4.92. The van der Waals surface area contributed by atoms with Crippen molar-refractivity contribution in [3.05, 3.63) is 27.1 Å². The quantitative estimate of drug-likeness (QED) is 0.854. The Morgan fingerprint density at radius 1 is 1.37 bits per heavy atom. The molecule has 0 aromatic heterocycles. The van der Waals surface area contributed by atoms with Crippen molar-refractivity contribution in [2.45, 2.75) is 38.8 Å². The van der Waals surface area contributed by atoms with Crippen LogP contribution in [0.1, 0.15) is 26.7 Å². The smallest absolute Gasteiger partial charge is 0.244 e. The molecule has 1 unspecified atom stereocenters. The summed E-state index contributed by atoms with van der Waals surface area (Å²) in [7, 11) is 0. The zero-order valence-corrected chi connectivity index (χ0v) is 14.3. The molecule has 1 amide bonds. The highest BCUT2D eigenvalue weighted by Crippen LogP contribution is 2.32. The number of carbonyl (C=O) groups is 1. The van der Waals surface area contributed by atoms with Gasteiger partial charge in [0.25, 0.3) is 0 Å². The molecule has 1 aromatic rings. The van der Waals surface area contributed by atoms with E-state index in [1.54, 1.807) is 0 Å². The first-order valence-corrected chi connectivity index (χ1v) is 8.10. The zero-order chi connectivity index (χ0) is 14.0. The van der Waals surface area contributed by atoms with Crippen LogP contribution in [0.2, 0.25) is 0 Å². The molecule has 1 atom stereocenters. The van der Waals surface area contributed by atoms with E-state index in [4.69, 9.17) is 0 Å². The van der Waals surface area contributed by atoms with Crippen molar-refractivity contribution in [1.82, 2.24) is 5.32 Å². The van der Waals surface area contributed by atoms with Gasteiger partial charge in [0.05, 0.1) is 11.7 Å². The van der Waals surface area contributed by atoms with E-state index in [0.29, 0.717) is 6.04 Å². The third-order valence-electron chi connectivity index (χ3n) is 3.17. The summed E-state index contributed by atoms with van der Waals surface area (Å²) in [5, 5.41) is 3.35. The maximum Gasteiger partial charge on any atom is 0.244 e. The summed E-state index contributed by atoms with van der Waals surface area (Å²) in [6, 6.07) is 6.16. The molecule has 1 saturated heterocycles. The van der Waals surface area contributed by atoms with Crippen molar-refractivity contribution in [3.63, 3.8) is 0 Å². The summed E-state index contributed by atoms with van der Waals surface area (Å²) < 4.78 is 1.94. The average molecular weight is 390 g/mol. The topological polar surface area (TPSA) is 32.3 Å². The number of anilines is 1. The third kappa shape index (κ3) is 3.58. The van der Waals surface area contributed by atoms with Gasteiger partial charge in [-0.15, -0.1) is 0 Å². The van der Waals surface area contributed by atoms with Crippen LogP contribution in [0, 0.1) is 0 Å². The number of hydrogen-bond acceptors (Lipinski definition) is 2. The molecule has 0 aliphatic carbocycles. The second-order valence-corrected chi connectivity index (χ2v) is 6.87. The molecule has 0 radical (unpaired) electrons. The van der Waals surface area contributed by atoms with Gasteiger partial charge >= 0.3 is 0 Å². The standard InChI is InChI=1S/C14H18Br2N2O/c1-9(2)17-12-4-3-7-18(14(12)19)13-8-10(15)5-6-11(13)16/h5-6,8-9,12,17H,3-4,7H2,1-2H3. The number of halogens is 2. The Balaban J connectivity index is 2.24. The van der Waals surface area contributed by atoms with E-state index in [9.17, 15) is 4.79 Å². The minimum absolute atomic E-state index is 0.0698. The third-order valence-corrected chi connectivity index (χ3v) is 4.34. The summed E-state index contributed by atoms with van der Waals surface area (Å²) in [5.74, 6) is 0.166. The van der Waals surface area contributed by atoms with Gasteiger partial charge in [0.1, 0.15) is 0 Å². The van der Waals surface area contributed by atoms with Gasteiger partial charge < -0.3 is 10.2 Å². The fourth-order valence-electron chi connectivity index (χ4n) is 2.36. The Labute approximate surface area is 131 Å². The summed E-state index contributed by atoms with van der Waals surface area (Å²) >= 11 is 6.99. The molecule has 0 saturated carbocycles.